The first-order valence-electron chi connectivity index (χ1n) is 5.30. The van der Waals surface area contributed by atoms with Crippen LogP contribution in [0.2, 0.25) is 0 Å². The maximum absolute atomic E-state index is 3.45. The highest BCUT2D eigenvalue weighted by Gasteiger charge is 2.35. The fraction of sp³-hybridized carbons (Fsp3) is 1.00. The lowest BCUT2D eigenvalue weighted by Gasteiger charge is -2.22. The van der Waals surface area contributed by atoms with Crippen LogP contribution >= 0.6 is 0 Å². The summed E-state index contributed by atoms with van der Waals surface area (Å²) in [5, 5.41) is 0. The van der Waals surface area contributed by atoms with Gasteiger partial charge in [0.1, 0.15) is 0 Å². The second-order valence-corrected chi connectivity index (χ2v) is 4.51. The van der Waals surface area contributed by atoms with Crippen molar-refractivity contribution in [2.75, 3.05) is 0 Å². The fourth-order valence-electron chi connectivity index (χ4n) is 2.67. The van der Waals surface area contributed by atoms with Crippen molar-refractivity contribution in [1.82, 2.24) is 10.9 Å². The number of hydrogen-bond acceptors (Lipinski definition) is 2. The van der Waals surface area contributed by atoms with Crippen LogP contribution < -0.4 is 10.9 Å². The Kier molecular flexibility index (Phi) is 2.37. The first kappa shape index (κ1) is 8.52. The topological polar surface area (TPSA) is 24.1 Å². The maximum Gasteiger partial charge on any atom is 0.0282 e. The molecule has 12 heavy (non-hydrogen) atoms. The second kappa shape index (κ2) is 3.35. The van der Waals surface area contributed by atoms with E-state index in [2.05, 4.69) is 24.7 Å². The lowest BCUT2D eigenvalue weighted by atomic mass is 9.87. The van der Waals surface area contributed by atoms with E-state index in [1.165, 1.54) is 25.7 Å². The van der Waals surface area contributed by atoms with Gasteiger partial charge in [-0.05, 0) is 31.6 Å². The van der Waals surface area contributed by atoms with Crippen molar-refractivity contribution in [2.45, 2.75) is 51.6 Å². The molecule has 0 aromatic carbocycles. The summed E-state index contributed by atoms with van der Waals surface area (Å²) in [6.45, 7) is 4.63. The number of hydrazine groups is 1. The monoisotopic (exact) mass is 168 g/mol. The SMILES string of the molecule is CC1NNC(C2CCCC2)C1C. The van der Waals surface area contributed by atoms with Gasteiger partial charge in [-0.3, -0.25) is 10.9 Å². The Morgan fingerprint density at radius 1 is 1.00 bits per heavy atom. The molecule has 1 saturated heterocycles. The van der Waals surface area contributed by atoms with E-state index < -0.39 is 0 Å². The summed E-state index contributed by atoms with van der Waals surface area (Å²) in [6, 6.07) is 1.39. The molecule has 0 radical (unpaired) electrons. The van der Waals surface area contributed by atoms with Gasteiger partial charge in [0.25, 0.3) is 0 Å². The zero-order chi connectivity index (χ0) is 8.55. The van der Waals surface area contributed by atoms with Crippen molar-refractivity contribution < 1.29 is 0 Å². The molecule has 1 heterocycles. The summed E-state index contributed by atoms with van der Waals surface area (Å²) < 4.78 is 0. The smallest absolute Gasteiger partial charge is 0.0282 e. The molecule has 0 amide bonds. The molecule has 0 aromatic heterocycles. The Morgan fingerprint density at radius 2 is 1.67 bits per heavy atom. The minimum Gasteiger partial charge on any atom is -0.254 e. The molecule has 3 atom stereocenters. The van der Waals surface area contributed by atoms with Crippen molar-refractivity contribution >= 4 is 0 Å². The van der Waals surface area contributed by atoms with Crippen molar-refractivity contribution in [2.24, 2.45) is 11.8 Å². The third kappa shape index (κ3) is 1.38. The molecule has 0 bridgehead atoms. The predicted octanol–water partition coefficient (Wildman–Crippen LogP) is 1.68. The highest BCUT2D eigenvalue weighted by Crippen LogP contribution is 2.33. The zero-order valence-electron chi connectivity index (χ0n) is 8.14. The Hall–Kier alpha value is -0.0800. The molecular weight excluding hydrogens is 148 g/mol. The summed E-state index contributed by atoms with van der Waals surface area (Å²) >= 11 is 0. The van der Waals surface area contributed by atoms with Crippen molar-refractivity contribution in [3.63, 3.8) is 0 Å². The van der Waals surface area contributed by atoms with Crippen molar-refractivity contribution in [3.05, 3.63) is 0 Å². The number of rotatable bonds is 1. The quantitative estimate of drug-likeness (QED) is 0.622. The molecule has 2 aliphatic rings. The lowest BCUT2D eigenvalue weighted by molar-refractivity contribution is 0.327. The van der Waals surface area contributed by atoms with E-state index in [0.29, 0.717) is 6.04 Å². The Morgan fingerprint density at radius 3 is 2.17 bits per heavy atom. The predicted molar refractivity (Wildman–Crippen MR) is 50.6 cm³/mol. The average molecular weight is 168 g/mol. The standard InChI is InChI=1S/C10H20N2/c1-7-8(2)11-12-10(7)9-5-3-4-6-9/h7-12H,3-6H2,1-2H3. The molecule has 70 valence electrons. The van der Waals surface area contributed by atoms with Gasteiger partial charge in [-0.2, -0.15) is 0 Å². The van der Waals surface area contributed by atoms with E-state index in [-0.39, 0.29) is 0 Å². The first-order valence-corrected chi connectivity index (χ1v) is 5.30. The molecule has 1 aliphatic carbocycles. The van der Waals surface area contributed by atoms with Gasteiger partial charge in [-0.25, -0.2) is 0 Å². The third-order valence-electron chi connectivity index (χ3n) is 3.74. The third-order valence-corrected chi connectivity index (χ3v) is 3.74. The summed E-state index contributed by atoms with van der Waals surface area (Å²) in [7, 11) is 0. The van der Waals surface area contributed by atoms with E-state index in [4.69, 9.17) is 0 Å². The molecule has 1 saturated carbocycles. The molecule has 1 aliphatic heterocycles. The Labute approximate surface area is 75.1 Å². The lowest BCUT2D eigenvalue weighted by Crippen LogP contribution is -2.36. The number of hydrogen-bond donors (Lipinski definition) is 2. The van der Waals surface area contributed by atoms with E-state index in [1.807, 2.05) is 0 Å². The van der Waals surface area contributed by atoms with Gasteiger partial charge in [-0.15, -0.1) is 0 Å². The van der Waals surface area contributed by atoms with Gasteiger partial charge in [0.05, 0.1) is 0 Å². The van der Waals surface area contributed by atoms with Crippen LogP contribution in [0.25, 0.3) is 0 Å². The molecule has 0 spiro atoms. The fourth-order valence-corrected chi connectivity index (χ4v) is 2.67. The van der Waals surface area contributed by atoms with Gasteiger partial charge < -0.3 is 0 Å². The van der Waals surface area contributed by atoms with E-state index >= 15 is 0 Å². The maximum atomic E-state index is 3.45. The summed E-state index contributed by atoms with van der Waals surface area (Å²) in [6.07, 6.45) is 5.78. The van der Waals surface area contributed by atoms with Crippen LogP contribution in [0, 0.1) is 11.8 Å². The van der Waals surface area contributed by atoms with Crippen LogP contribution in [0.4, 0.5) is 0 Å². The molecule has 0 aromatic rings. The van der Waals surface area contributed by atoms with Crippen LogP contribution in [0.3, 0.4) is 0 Å². The summed E-state index contributed by atoms with van der Waals surface area (Å²) in [5.41, 5.74) is 6.79. The Bertz CT molecular complexity index is 152. The molecule has 3 unspecified atom stereocenters. The van der Waals surface area contributed by atoms with E-state index in [1.54, 1.807) is 0 Å². The molecule has 2 N–H and O–H groups in total. The van der Waals surface area contributed by atoms with Gasteiger partial charge in [-0.1, -0.05) is 19.8 Å². The second-order valence-electron chi connectivity index (χ2n) is 4.51. The van der Waals surface area contributed by atoms with Crippen LogP contribution in [-0.2, 0) is 0 Å². The van der Waals surface area contributed by atoms with Crippen LogP contribution in [0.15, 0.2) is 0 Å². The van der Waals surface area contributed by atoms with E-state index in [0.717, 1.165) is 17.9 Å². The summed E-state index contributed by atoms with van der Waals surface area (Å²) in [4.78, 5) is 0. The largest absolute Gasteiger partial charge is 0.254 e. The molecule has 2 heteroatoms. The van der Waals surface area contributed by atoms with Gasteiger partial charge in [0.15, 0.2) is 0 Å². The van der Waals surface area contributed by atoms with Gasteiger partial charge in [0, 0.05) is 12.1 Å². The zero-order valence-corrected chi connectivity index (χ0v) is 8.14. The minimum absolute atomic E-state index is 0.649. The summed E-state index contributed by atoms with van der Waals surface area (Å²) in [5.74, 6) is 1.74. The minimum atomic E-state index is 0.649. The normalized spacial score (nSPS) is 44.0. The van der Waals surface area contributed by atoms with Crippen LogP contribution in [-0.4, -0.2) is 12.1 Å². The molecule has 2 nitrogen and oxygen atoms in total. The highest BCUT2D eigenvalue weighted by molar-refractivity contribution is 4.91. The highest BCUT2D eigenvalue weighted by atomic mass is 15.4. The molecule has 2 fully saturated rings. The average Bonchev–Trinajstić information content (AvgIpc) is 2.64. The molecular formula is C10H20N2. The van der Waals surface area contributed by atoms with Gasteiger partial charge >= 0.3 is 0 Å². The van der Waals surface area contributed by atoms with Crippen molar-refractivity contribution in [3.8, 4) is 0 Å². The van der Waals surface area contributed by atoms with Gasteiger partial charge in [0.2, 0.25) is 0 Å². The number of nitrogens with one attached hydrogen (secondary N) is 2. The Balaban J connectivity index is 1.95. The van der Waals surface area contributed by atoms with E-state index in [9.17, 15) is 0 Å². The van der Waals surface area contributed by atoms with Crippen molar-refractivity contribution in [1.29, 1.82) is 0 Å². The van der Waals surface area contributed by atoms with Crippen LogP contribution in [0.1, 0.15) is 39.5 Å². The van der Waals surface area contributed by atoms with Crippen LogP contribution in [0.5, 0.6) is 0 Å². The first-order chi connectivity index (χ1) is 5.79. The molecule has 2 rings (SSSR count).